The molecule has 1 aromatic rings. The number of hydrogen-bond acceptors (Lipinski definition) is 2. The summed E-state index contributed by atoms with van der Waals surface area (Å²) >= 11 is 0. The smallest absolute Gasteiger partial charge is 0.0899 e. The summed E-state index contributed by atoms with van der Waals surface area (Å²) in [6, 6.07) is 8.99. The maximum atomic E-state index is 4.48. The third-order valence-corrected chi connectivity index (χ3v) is 3.91. The summed E-state index contributed by atoms with van der Waals surface area (Å²) in [5.74, 6) is 0.449. The molecule has 0 saturated heterocycles. The normalized spacial score (nSPS) is 27.3. The van der Waals surface area contributed by atoms with Crippen LogP contribution in [0.15, 0.2) is 59.1 Å². The van der Waals surface area contributed by atoms with Crippen molar-refractivity contribution in [1.82, 2.24) is 0 Å². The Morgan fingerprint density at radius 2 is 2.11 bits per heavy atom. The molecule has 2 heterocycles. The lowest BCUT2D eigenvalue weighted by atomic mass is 9.87. The Hall–Kier alpha value is -2.09. The van der Waals surface area contributed by atoms with Crippen LogP contribution in [0.3, 0.4) is 0 Å². The average Bonchev–Trinajstić information content (AvgIpc) is 2.84. The largest absolute Gasteiger partial charge is 0.326 e. The number of anilines is 1. The van der Waals surface area contributed by atoms with Crippen LogP contribution in [-0.2, 0) is 0 Å². The van der Waals surface area contributed by atoms with Crippen LogP contribution in [0.2, 0.25) is 0 Å². The number of allylic oxidation sites excluding steroid dienone is 3. The van der Waals surface area contributed by atoms with Gasteiger partial charge in [0.2, 0.25) is 0 Å². The van der Waals surface area contributed by atoms with Crippen molar-refractivity contribution >= 4 is 18.1 Å². The Bertz CT molecular complexity index is 607. The van der Waals surface area contributed by atoms with Crippen LogP contribution in [0.5, 0.6) is 0 Å². The van der Waals surface area contributed by atoms with E-state index < -0.39 is 0 Å². The third-order valence-electron chi connectivity index (χ3n) is 3.91. The molecule has 3 aliphatic rings. The van der Waals surface area contributed by atoms with E-state index in [0.717, 1.165) is 6.54 Å². The molecule has 0 N–H and O–H groups in total. The number of para-hydroxylation sites is 1. The molecule has 2 heteroatoms. The average molecular weight is 234 g/mol. The van der Waals surface area contributed by atoms with E-state index >= 15 is 0 Å². The van der Waals surface area contributed by atoms with Gasteiger partial charge in [0.15, 0.2) is 0 Å². The molecule has 18 heavy (non-hydrogen) atoms. The van der Waals surface area contributed by atoms with Gasteiger partial charge in [0.25, 0.3) is 0 Å². The number of fused-ring (bicyclic) bond motifs is 5. The lowest BCUT2D eigenvalue weighted by Gasteiger charge is -2.29. The zero-order valence-electron chi connectivity index (χ0n) is 10.0. The van der Waals surface area contributed by atoms with Crippen LogP contribution in [0.4, 0.5) is 5.69 Å². The van der Waals surface area contributed by atoms with Gasteiger partial charge in [-0.25, -0.2) is 0 Å². The summed E-state index contributed by atoms with van der Waals surface area (Å²) in [5, 5.41) is 0. The Morgan fingerprint density at radius 3 is 3.11 bits per heavy atom. The first-order valence-electron chi connectivity index (χ1n) is 6.37. The second-order valence-electron chi connectivity index (χ2n) is 4.93. The van der Waals surface area contributed by atoms with Gasteiger partial charge in [-0.1, -0.05) is 42.5 Å². The molecule has 2 aliphatic heterocycles. The molecular formula is C16H14N2. The molecular weight excluding hydrogens is 220 g/mol. The van der Waals surface area contributed by atoms with E-state index in [-0.39, 0.29) is 0 Å². The van der Waals surface area contributed by atoms with E-state index in [9.17, 15) is 0 Å². The Kier molecular flexibility index (Phi) is 2.04. The van der Waals surface area contributed by atoms with E-state index in [1.165, 1.54) is 16.8 Å². The van der Waals surface area contributed by atoms with E-state index in [1.54, 1.807) is 0 Å². The van der Waals surface area contributed by atoms with Crippen LogP contribution in [0.1, 0.15) is 5.56 Å². The highest BCUT2D eigenvalue weighted by Crippen LogP contribution is 2.37. The summed E-state index contributed by atoms with van der Waals surface area (Å²) < 4.78 is 0. The molecule has 0 spiro atoms. The van der Waals surface area contributed by atoms with Crippen molar-refractivity contribution in [3.8, 4) is 0 Å². The zero-order chi connectivity index (χ0) is 11.9. The lowest BCUT2D eigenvalue weighted by molar-refractivity contribution is 0.601. The molecule has 0 bridgehead atoms. The molecule has 0 amide bonds. The Balaban J connectivity index is 1.94. The maximum Gasteiger partial charge on any atom is 0.0899 e. The van der Waals surface area contributed by atoms with Gasteiger partial charge in [0.1, 0.15) is 0 Å². The standard InChI is InChI=1S/C16H14N2/c1-3-7-14-12(5-1)9-13-6-2-4-8-15(13)18-11-17-10-16(14)18/h1-9,11,14,16H,10H2. The molecule has 0 saturated carbocycles. The first-order chi connectivity index (χ1) is 8.93. The van der Waals surface area contributed by atoms with Crippen molar-refractivity contribution in [3.05, 3.63) is 59.7 Å². The SMILES string of the molecule is C1=CC2=Cc3ccccc3N3C=NCC3C2C=C1. The minimum absolute atomic E-state index is 0.432. The van der Waals surface area contributed by atoms with E-state index in [0.29, 0.717) is 12.0 Å². The molecule has 88 valence electrons. The number of rotatable bonds is 0. The van der Waals surface area contributed by atoms with E-state index in [4.69, 9.17) is 0 Å². The highest BCUT2D eigenvalue weighted by atomic mass is 15.2. The summed E-state index contributed by atoms with van der Waals surface area (Å²) in [6.45, 7) is 0.883. The summed E-state index contributed by atoms with van der Waals surface area (Å²) in [7, 11) is 0. The fourth-order valence-corrected chi connectivity index (χ4v) is 3.04. The molecule has 0 radical (unpaired) electrons. The van der Waals surface area contributed by atoms with Gasteiger partial charge in [-0.05, 0) is 23.3 Å². The third kappa shape index (κ3) is 1.32. The molecule has 1 aliphatic carbocycles. The molecule has 2 unspecified atom stereocenters. The van der Waals surface area contributed by atoms with Gasteiger partial charge in [0, 0.05) is 11.6 Å². The monoisotopic (exact) mass is 234 g/mol. The Labute approximate surface area is 107 Å². The number of benzene rings is 1. The molecule has 4 rings (SSSR count). The van der Waals surface area contributed by atoms with Gasteiger partial charge in [-0.2, -0.15) is 0 Å². The number of aliphatic imine (C=N–C) groups is 1. The fourth-order valence-electron chi connectivity index (χ4n) is 3.04. The second kappa shape index (κ2) is 3.70. The van der Waals surface area contributed by atoms with Crippen molar-refractivity contribution in [2.45, 2.75) is 6.04 Å². The van der Waals surface area contributed by atoms with Gasteiger partial charge in [-0.3, -0.25) is 4.99 Å². The predicted molar refractivity (Wildman–Crippen MR) is 75.8 cm³/mol. The van der Waals surface area contributed by atoms with Crippen LogP contribution in [0.25, 0.3) is 6.08 Å². The van der Waals surface area contributed by atoms with Crippen LogP contribution in [-0.4, -0.2) is 18.9 Å². The fraction of sp³-hybridized carbons (Fsp3) is 0.188. The highest BCUT2D eigenvalue weighted by molar-refractivity contribution is 5.88. The second-order valence-corrected chi connectivity index (χ2v) is 4.93. The maximum absolute atomic E-state index is 4.48. The first kappa shape index (κ1) is 9.89. The van der Waals surface area contributed by atoms with Gasteiger partial charge >= 0.3 is 0 Å². The van der Waals surface area contributed by atoms with Crippen molar-refractivity contribution < 1.29 is 0 Å². The molecule has 0 fully saturated rings. The zero-order valence-corrected chi connectivity index (χ0v) is 10.0. The van der Waals surface area contributed by atoms with E-state index in [1.807, 2.05) is 6.34 Å². The topological polar surface area (TPSA) is 15.6 Å². The number of nitrogens with zero attached hydrogens (tertiary/aromatic N) is 2. The number of hydrogen-bond donors (Lipinski definition) is 0. The first-order valence-corrected chi connectivity index (χ1v) is 6.37. The van der Waals surface area contributed by atoms with Crippen LogP contribution < -0.4 is 4.90 Å². The molecule has 2 nitrogen and oxygen atoms in total. The minimum Gasteiger partial charge on any atom is -0.326 e. The van der Waals surface area contributed by atoms with Crippen molar-refractivity contribution in [2.24, 2.45) is 10.9 Å². The molecule has 2 atom stereocenters. The summed E-state index contributed by atoms with van der Waals surface area (Å²) in [4.78, 5) is 6.80. The van der Waals surface area contributed by atoms with Crippen molar-refractivity contribution in [3.63, 3.8) is 0 Å². The van der Waals surface area contributed by atoms with Gasteiger partial charge in [0.05, 0.1) is 18.9 Å². The lowest BCUT2D eigenvalue weighted by Crippen LogP contribution is -2.37. The van der Waals surface area contributed by atoms with Gasteiger partial charge < -0.3 is 4.90 Å². The minimum atomic E-state index is 0.432. The van der Waals surface area contributed by atoms with E-state index in [2.05, 4.69) is 64.5 Å². The van der Waals surface area contributed by atoms with Crippen LogP contribution in [0, 0.1) is 5.92 Å². The molecule has 0 aromatic heterocycles. The van der Waals surface area contributed by atoms with Crippen molar-refractivity contribution in [1.29, 1.82) is 0 Å². The van der Waals surface area contributed by atoms with Crippen molar-refractivity contribution in [2.75, 3.05) is 11.4 Å². The highest BCUT2D eigenvalue weighted by Gasteiger charge is 2.33. The molecule has 1 aromatic carbocycles. The summed E-state index contributed by atoms with van der Waals surface area (Å²) in [6.07, 6.45) is 13.1. The quantitative estimate of drug-likeness (QED) is 0.673. The Morgan fingerprint density at radius 1 is 1.17 bits per heavy atom. The van der Waals surface area contributed by atoms with Gasteiger partial charge in [-0.15, -0.1) is 0 Å². The van der Waals surface area contributed by atoms with Crippen LogP contribution >= 0.6 is 0 Å². The summed E-state index contributed by atoms with van der Waals surface area (Å²) in [5.41, 5.74) is 3.95. The predicted octanol–water partition coefficient (Wildman–Crippen LogP) is 3.04.